The van der Waals surface area contributed by atoms with E-state index in [0.29, 0.717) is 0 Å². The van der Waals surface area contributed by atoms with Gasteiger partial charge in [-0.2, -0.15) is 8.78 Å². The quantitative estimate of drug-likeness (QED) is 0.839. The summed E-state index contributed by atoms with van der Waals surface area (Å²) >= 11 is 0. The number of rotatable bonds is 4. The van der Waals surface area contributed by atoms with Gasteiger partial charge in [0.15, 0.2) is 11.5 Å². The van der Waals surface area contributed by atoms with Gasteiger partial charge in [-0.15, -0.1) is 0 Å². The Bertz CT molecular complexity index is 365. The minimum atomic E-state index is -2.98. The van der Waals surface area contributed by atoms with Crippen molar-refractivity contribution in [2.45, 2.75) is 6.61 Å². The van der Waals surface area contributed by atoms with Gasteiger partial charge < -0.3 is 14.6 Å². The Morgan fingerprint density at radius 3 is 2.53 bits per heavy atom. The lowest BCUT2D eigenvalue weighted by Gasteiger charge is -2.09. The summed E-state index contributed by atoms with van der Waals surface area (Å²) in [5.41, 5.74) is -0.0616. The van der Waals surface area contributed by atoms with Crippen molar-refractivity contribution >= 4 is 5.97 Å². The van der Waals surface area contributed by atoms with E-state index in [1.54, 1.807) is 0 Å². The number of hydrogen-bond donors (Lipinski definition) is 1. The molecule has 0 atom stereocenters. The fourth-order valence-electron chi connectivity index (χ4n) is 0.994. The van der Waals surface area contributed by atoms with Crippen LogP contribution in [0.15, 0.2) is 18.2 Å². The molecule has 6 heteroatoms. The molecule has 4 nitrogen and oxygen atoms in total. The van der Waals surface area contributed by atoms with E-state index in [9.17, 15) is 13.6 Å². The van der Waals surface area contributed by atoms with Crippen LogP contribution in [-0.4, -0.2) is 24.8 Å². The highest BCUT2D eigenvalue weighted by molar-refractivity contribution is 5.88. The topological polar surface area (TPSA) is 55.8 Å². The maximum absolute atomic E-state index is 11.9. The molecule has 0 radical (unpaired) electrons. The van der Waals surface area contributed by atoms with Crippen LogP contribution in [0.3, 0.4) is 0 Å². The lowest BCUT2D eigenvalue weighted by Crippen LogP contribution is -2.04. The lowest BCUT2D eigenvalue weighted by molar-refractivity contribution is -0.0512. The molecule has 1 N–H and O–H groups in total. The van der Waals surface area contributed by atoms with Crippen molar-refractivity contribution < 1.29 is 28.2 Å². The smallest absolute Gasteiger partial charge is 0.387 e. The first kappa shape index (κ1) is 11.2. The van der Waals surface area contributed by atoms with Crippen LogP contribution >= 0.6 is 0 Å². The van der Waals surface area contributed by atoms with E-state index < -0.39 is 12.6 Å². The van der Waals surface area contributed by atoms with Crippen molar-refractivity contribution in [2.24, 2.45) is 0 Å². The van der Waals surface area contributed by atoms with E-state index in [2.05, 4.69) is 4.74 Å². The molecule has 0 aliphatic rings. The summed E-state index contributed by atoms with van der Waals surface area (Å²) in [6.07, 6.45) is 0. The summed E-state index contributed by atoms with van der Waals surface area (Å²) in [7, 11) is 1.24. The molecule has 0 unspecified atom stereocenters. The summed E-state index contributed by atoms with van der Waals surface area (Å²) < 4.78 is 32.6. The number of hydrogen-bond acceptors (Lipinski definition) is 3. The van der Waals surface area contributed by atoms with E-state index in [0.717, 1.165) is 18.2 Å². The SMILES string of the molecule is COc1cc(C(=O)O)ccc1OC(F)F. The maximum Gasteiger partial charge on any atom is 0.387 e. The number of carbonyl (C=O) groups is 1. The van der Waals surface area contributed by atoms with Crippen molar-refractivity contribution in [3.8, 4) is 11.5 Å². The van der Waals surface area contributed by atoms with Crippen molar-refractivity contribution in [3.05, 3.63) is 23.8 Å². The molecule has 0 fully saturated rings. The molecular weight excluding hydrogens is 210 g/mol. The highest BCUT2D eigenvalue weighted by Gasteiger charge is 2.13. The zero-order valence-electron chi connectivity index (χ0n) is 7.74. The molecule has 0 heterocycles. The Labute approximate surface area is 84.0 Å². The average Bonchev–Trinajstić information content (AvgIpc) is 2.17. The molecular formula is C9H8F2O4. The third kappa shape index (κ3) is 2.80. The van der Waals surface area contributed by atoms with E-state index in [1.807, 2.05) is 0 Å². The predicted octanol–water partition coefficient (Wildman–Crippen LogP) is 1.99. The van der Waals surface area contributed by atoms with Gasteiger partial charge in [0.1, 0.15) is 0 Å². The number of methoxy groups -OCH3 is 1. The minimum Gasteiger partial charge on any atom is -0.493 e. The molecule has 0 amide bonds. The molecule has 82 valence electrons. The highest BCUT2D eigenvalue weighted by atomic mass is 19.3. The Morgan fingerprint density at radius 1 is 1.40 bits per heavy atom. The van der Waals surface area contributed by atoms with Gasteiger partial charge in [0.25, 0.3) is 0 Å². The van der Waals surface area contributed by atoms with Crippen LogP contribution in [-0.2, 0) is 0 Å². The number of halogens is 2. The predicted molar refractivity (Wildman–Crippen MR) is 46.6 cm³/mol. The number of carboxylic acids is 1. The van der Waals surface area contributed by atoms with Gasteiger partial charge in [-0.05, 0) is 18.2 Å². The van der Waals surface area contributed by atoms with Crippen LogP contribution < -0.4 is 9.47 Å². The number of carboxylic acid groups (broad SMARTS) is 1. The largest absolute Gasteiger partial charge is 0.493 e. The van der Waals surface area contributed by atoms with Crippen LogP contribution in [0.5, 0.6) is 11.5 Å². The van der Waals surface area contributed by atoms with Gasteiger partial charge in [0.2, 0.25) is 0 Å². The second-order valence-electron chi connectivity index (χ2n) is 2.55. The van der Waals surface area contributed by atoms with Crippen molar-refractivity contribution in [1.82, 2.24) is 0 Å². The highest BCUT2D eigenvalue weighted by Crippen LogP contribution is 2.29. The molecule has 1 rings (SSSR count). The van der Waals surface area contributed by atoms with Gasteiger partial charge in [-0.1, -0.05) is 0 Å². The van der Waals surface area contributed by atoms with Gasteiger partial charge in [0, 0.05) is 0 Å². The zero-order valence-corrected chi connectivity index (χ0v) is 7.74. The molecule has 0 aliphatic heterocycles. The molecule has 1 aromatic rings. The van der Waals surface area contributed by atoms with Gasteiger partial charge >= 0.3 is 12.6 Å². The molecule has 0 aliphatic carbocycles. The lowest BCUT2D eigenvalue weighted by atomic mass is 10.2. The molecule has 0 bridgehead atoms. The zero-order chi connectivity index (χ0) is 11.4. The Hall–Kier alpha value is -1.85. The fourth-order valence-corrected chi connectivity index (χ4v) is 0.994. The number of benzene rings is 1. The molecule has 0 saturated heterocycles. The summed E-state index contributed by atoms with van der Waals surface area (Å²) in [6.45, 7) is -2.98. The van der Waals surface area contributed by atoms with E-state index in [4.69, 9.17) is 9.84 Å². The molecule has 0 spiro atoms. The molecule has 1 aromatic carbocycles. The second kappa shape index (κ2) is 4.59. The summed E-state index contributed by atoms with van der Waals surface area (Å²) in [5.74, 6) is -1.41. The molecule has 15 heavy (non-hydrogen) atoms. The molecule has 0 saturated carbocycles. The van der Waals surface area contributed by atoms with Crippen LogP contribution in [0.25, 0.3) is 0 Å². The van der Waals surface area contributed by atoms with Crippen molar-refractivity contribution in [3.63, 3.8) is 0 Å². The average molecular weight is 218 g/mol. The van der Waals surface area contributed by atoms with E-state index >= 15 is 0 Å². The van der Waals surface area contributed by atoms with Crippen molar-refractivity contribution in [1.29, 1.82) is 0 Å². The Morgan fingerprint density at radius 2 is 2.07 bits per heavy atom. The fraction of sp³-hybridized carbons (Fsp3) is 0.222. The second-order valence-corrected chi connectivity index (χ2v) is 2.55. The Balaban J connectivity index is 3.03. The monoisotopic (exact) mass is 218 g/mol. The van der Waals surface area contributed by atoms with Gasteiger partial charge in [-0.3, -0.25) is 0 Å². The third-order valence-corrected chi connectivity index (χ3v) is 1.63. The number of ether oxygens (including phenoxy) is 2. The summed E-state index contributed by atoms with van der Waals surface area (Å²) in [5, 5.41) is 8.63. The minimum absolute atomic E-state index is 0.0461. The number of aromatic carboxylic acids is 1. The van der Waals surface area contributed by atoms with Crippen LogP contribution in [0, 0.1) is 0 Å². The first-order valence-electron chi connectivity index (χ1n) is 3.90. The standard InChI is InChI=1S/C9H8F2O4/c1-14-7-4-5(8(12)13)2-3-6(7)15-9(10)11/h2-4,9H,1H3,(H,12,13). The molecule has 0 aromatic heterocycles. The third-order valence-electron chi connectivity index (χ3n) is 1.63. The Kier molecular flexibility index (Phi) is 3.43. The number of alkyl halides is 2. The van der Waals surface area contributed by atoms with Gasteiger partial charge in [-0.25, -0.2) is 4.79 Å². The maximum atomic E-state index is 11.9. The van der Waals surface area contributed by atoms with Crippen LogP contribution in [0.1, 0.15) is 10.4 Å². The van der Waals surface area contributed by atoms with E-state index in [1.165, 1.54) is 7.11 Å². The van der Waals surface area contributed by atoms with Crippen molar-refractivity contribution in [2.75, 3.05) is 7.11 Å². The van der Waals surface area contributed by atoms with Gasteiger partial charge in [0.05, 0.1) is 12.7 Å². The van der Waals surface area contributed by atoms with E-state index in [-0.39, 0.29) is 17.1 Å². The summed E-state index contributed by atoms with van der Waals surface area (Å²) in [6, 6.07) is 3.39. The first-order valence-corrected chi connectivity index (χ1v) is 3.90. The van der Waals surface area contributed by atoms with Crippen LogP contribution in [0.4, 0.5) is 8.78 Å². The summed E-state index contributed by atoms with van der Waals surface area (Å²) in [4.78, 5) is 10.6. The normalized spacial score (nSPS) is 10.1. The first-order chi connectivity index (χ1) is 7.04. The van der Waals surface area contributed by atoms with Crippen LogP contribution in [0.2, 0.25) is 0 Å².